The molecule has 0 radical (unpaired) electrons. The van der Waals surface area contributed by atoms with E-state index >= 15 is 0 Å². The average Bonchev–Trinajstić information content (AvgIpc) is 2.94. The molecule has 2 heterocycles. The molecule has 1 aromatic carbocycles. The number of para-hydroxylation sites is 2. The van der Waals surface area contributed by atoms with Crippen molar-refractivity contribution in [3.05, 3.63) is 36.7 Å². The Hall–Kier alpha value is -2.34. The van der Waals surface area contributed by atoms with Gasteiger partial charge in [-0.1, -0.05) is 12.1 Å². The molecule has 6 heteroatoms. The second-order valence-corrected chi connectivity index (χ2v) is 5.26. The van der Waals surface area contributed by atoms with Crippen molar-refractivity contribution >= 4 is 23.0 Å². The molecule has 1 unspecified atom stereocenters. The SMILES string of the molecule is CC1CCCN1c1cc(Nc2ccccc2NN)ncn1. The molecule has 1 saturated heterocycles. The number of nitrogens with one attached hydrogen (secondary N) is 2. The summed E-state index contributed by atoms with van der Waals surface area (Å²) < 4.78 is 0. The van der Waals surface area contributed by atoms with Gasteiger partial charge in [0, 0.05) is 18.7 Å². The van der Waals surface area contributed by atoms with Gasteiger partial charge in [0.25, 0.3) is 0 Å². The second kappa shape index (κ2) is 5.97. The lowest BCUT2D eigenvalue weighted by Crippen LogP contribution is -2.27. The Morgan fingerprint density at radius 2 is 2.05 bits per heavy atom. The van der Waals surface area contributed by atoms with Crippen LogP contribution in [0, 0.1) is 0 Å². The molecule has 3 rings (SSSR count). The molecular weight excluding hydrogens is 264 g/mol. The van der Waals surface area contributed by atoms with Gasteiger partial charge in [0.2, 0.25) is 0 Å². The molecule has 1 aliphatic rings. The van der Waals surface area contributed by atoms with Gasteiger partial charge in [-0.15, -0.1) is 0 Å². The first-order valence-electron chi connectivity index (χ1n) is 7.19. The van der Waals surface area contributed by atoms with Crippen molar-refractivity contribution in [1.29, 1.82) is 0 Å². The van der Waals surface area contributed by atoms with Gasteiger partial charge in [-0.05, 0) is 31.9 Å². The molecule has 6 nitrogen and oxygen atoms in total. The zero-order valence-corrected chi connectivity index (χ0v) is 12.1. The number of rotatable bonds is 4. The largest absolute Gasteiger partial charge is 0.354 e. The van der Waals surface area contributed by atoms with Crippen molar-refractivity contribution in [2.24, 2.45) is 5.84 Å². The predicted molar refractivity (Wildman–Crippen MR) is 85.6 cm³/mol. The zero-order chi connectivity index (χ0) is 14.7. The maximum atomic E-state index is 5.52. The van der Waals surface area contributed by atoms with E-state index in [2.05, 4.69) is 32.5 Å². The molecule has 21 heavy (non-hydrogen) atoms. The van der Waals surface area contributed by atoms with Gasteiger partial charge in [0.1, 0.15) is 18.0 Å². The molecule has 0 spiro atoms. The summed E-state index contributed by atoms with van der Waals surface area (Å²) in [6, 6.07) is 10.3. The van der Waals surface area contributed by atoms with Crippen LogP contribution in [-0.2, 0) is 0 Å². The maximum absolute atomic E-state index is 5.52. The van der Waals surface area contributed by atoms with E-state index in [9.17, 15) is 0 Å². The first-order chi connectivity index (χ1) is 10.3. The molecule has 0 saturated carbocycles. The Morgan fingerprint density at radius 1 is 1.24 bits per heavy atom. The van der Waals surface area contributed by atoms with Crippen LogP contribution in [0.4, 0.5) is 23.0 Å². The van der Waals surface area contributed by atoms with Crippen molar-refractivity contribution in [3.8, 4) is 0 Å². The van der Waals surface area contributed by atoms with Gasteiger partial charge in [0.05, 0.1) is 11.4 Å². The third-order valence-electron chi connectivity index (χ3n) is 3.85. The highest BCUT2D eigenvalue weighted by molar-refractivity contribution is 5.73. The average molecular weight is 284 g/mol. The monoisotopic (exact) mass is 284 g/mol. The maximum Gasteiger partial charge on any atom is 0.135 e. The topological polar surface area (TPSA) is 79.1 Å². The first-order valence-corrected chi connectivity index (χ1v) is 7.19. The highest BCUT2D eigenvalue weighted by Crippen LogP contribution is 2.27. The Kier molecular flexibility index (Phi) is 3.87. The highest BCUT2D eigenvalue weighted by atomic mass is 15.2. The lowest BCUT2D eigenvalue weighted by Gasteiger charge is -2.22. The normalized spacial score (nSPS) is 17.8. The lowest BCUT2D eigenvalue weighted by molar-refractivity contribution is 0.726. The standard InChI is InChI=1S/C15H20N6/c1-11-5-4-8-21(11)15-9-14(17-10-18-15)19-12-6-2-3-7-13(12)20-16/h2-3,6-7,9-11,20H,4-5,8,16H2,1H3,(H,17,18,19). The molecule has 0 amide bonds. The van der Waals surface area contributed by atoms with Crippen molar-refractivity contribution in [3.63, 3.8) is 0 Å². The van der Waals surface area contributed by atoms with E-state index in [0.717, 1.165) is 29.6 Å². The third-order valence-corrected chi connectivity index (χ3v) is 3.85. The van der Waals surface area contributed by atoms with Gasteiger partial charge in [-0.3, -0.25) is 5.84 Å². The first kappa shape index (κ1) is 13.6. The summed E-state index contributed by atoms with van der Waals surface area (Å²) in [7, 11) is 0. The summed E-state index contributed by atoms with van der Waals surface area (Å²) >= 11 is 0. The number of benzene rings is 1. The predicted octanol–water partition coefficient (Wildman–Crippen LogP) is 2.49. The zero-order valence-electron chi connectivity index (χ0n) is 12.1. The van der Waals surface area contributed by atoms with Crippen LogP contribution in [-0.4, -0.2) is 22.6 Å². The molecule has 1 fully saturated rings. The minimum absolute atomic E-state index is 0.533. The van der Waals surface area contributed by atoms with Crippen LogP contribution >= 0.6 is 0 Å². The molecule has 0 aliphatic carbocycles. The molecular formula is C15H20N6. The van der Waals surface area contributed by atoms with Crippen molar-refractivity contribution in [2.75, 3.05) is 22.2 Å². The number of nitrogen functional groups attached to an aromatic ring is 1. The summed E-state index contributed by atoms with van der Waals surface area (Å²) in [5.74, 6) is 7.25. The second-order valence-electron chi connectivity index (χ2n) is 5.26. The number of hydrazine groups is 1. The van der Waals surface area contributed by atoms with Crippen LogP contribution in [0.15, 0.2) is 36.7 Å². The van der Waals surface area contributed by atoms with Gasteiger partial charge < -0.3 is 15.6 Å². The molecule has 110 valence electrons. The molecule has 2 aromatic rings. The Balaban J connectivity index is 1.83. The van der Waals surface area contributed by atoms with Crippen LogP contribution in [0.2, 0.25) is 0 Å². The van der Waals surface area contributed by atoms with Crippen LogP contribution < -0.4 is 21.5 Å². The number of nitrogens with zero attached hydrogens (tertiary/aromatic N) is 3. The van der Waals surface area contributed by atoms with Crippen molar-refractivity contribution in [2.45, 2.75) is 25.8 Å². The van der Waals surface area contributed by atoms with Crippen LogP contribution in [0.25, 0.3) is 0 Å². The minimum atomic E-state index is 0.533. The quantitative estimate of drug-likeness (QED) is 0.591. The number of anilines is 4. The van der Waals surface area contributed by atoms with Crippen molar-refractivity contribution < 1.29 is 0 Å². The molecule has 1 atom stereocenters. The van der Waals surface area contributed by atoms with E-state index in [1.807, 2.05) is 30.3 Å². The number of nitrogens with two attached hydrogens (primary N) is 1. The smallest absolute Gasteiger partial charge is 0.135 e. The van der Waals surface area contributed by atoms with Gasteiger partial charge >= 0.3 is 0 Å². The van der Waals surface area contributed by atoms with Gasteiger partial charge in [-0.25, -0.2) is 9.97 Å². The number of hydrogen-bond donors (Lipinski definition) is 3. The third kappa shape index (κ3) is 2.90. The molecule has 0 bridgehead atoms. The number of aromatic nitrogens is 2. The fourth-order valence-electron chi connectivity index (χ4n) is 2.70. The van der Waals surface area contributed by atoms with Crippen LogP contribution in [0.5, 0.6) is 0 Å². The number of hydrogen-bond acceptors (Lipinski definition) is 6. The lowest BCUT2D eigenvalue weighted by atomic mass is 10.2. The molecule has 4 N–H and O–H groups in total. The minimum Gasteiger partial charge on any atom is -0.354 e. The highest BCUT2D eigenvalue weighted by Gasteiger charge is 2.21. The molecule has 1 aliphatic heterocycles. The summed E-state index contributed by atoms with van der Waals surface area (Å²) in [6.45, 7) is 3.29. The van der Waals surface area contributed by atoms with Gasteiger partial charge in [-0.2, -0.15) is 0 Å². The fourth-order valence-corrected chi connectivity index (χ4v) is 2.70. The summed E-state index contributed by atoms with van der Waals surface area (Å²) in [4.78, 5) is 11.0. The Bertz CT molecular complexity index is 615. The Morgan fingerprint density at radius 3 is 2.76 bits per heavy atom. The summed E-state index contributed by atoms with van der Waals surface area (Å²) in [5, 5.41) is 3.28. The summed E-state index contributed by atoms with van der Waals surface area (Å²) in [6.07, 6.45) is 4.03. The van der Waals surface area contributed by atoms with E-state index in [4.69, 9.17) is 5.84 Å². The van der Waals surface area contributed by atoms with Crippen LogP contribution in [0.1, 0.15) is 19.8 Å². The molecule has 1 aromatic heterocycles. The Labute approximate surface area is 124 Å². The van der Waals surface area contributed by atoms with Gasteiger partial charge in [0.15, 0.2) is 0 Å². The van der Waals surface area contributed by atoms with Crippen molar-refractivity contribution in [1.82, 2.24) is 9.97 Å². The van der Waals surface area contributed by atoms with E-state index in [-0.39, 0.29) is 0 Å². The fraction of sp³-hybridized carbons (Fsp3) is 0.333. The summed E-state index contributed by atoms with van der Waals surface area (Å²) in [5.41, 5.74) is 4.39. The van der Waals surface area contributed by atoms with E-state index in [1.54, 1.807) is 6.33 Å². The van der Waals surface area contributed by atoms with Crippen LogP contribution in [0.3, 0.4) is 0 Å². The van der Waals surface area contributed by atoms with E-state index in [0.29, 0.717) is 6.04 Å². The van der Waals surface area contributed by atoms with E-state index in [1.165, 1.54) is 12.8 Å². The van der Waals surface area contributed by atoms with E-state index < -0.39 is 0 Å².